The number of hydrogen-bond donors (Lipinski definition) is 1. The molecule has 0 radical (unpaired) electrons. The Morgan fingerprint density at radius 2 is 2.00 bits per heavy atom. The summed E-state index contributed by atoms with van der Waals surface area (Å²) in [6.07, 6.45) is -4.42. The average molecular weight is 313 g/mol. The monoisotopic (exact) mass is 312 g/mol. The van der Waals surface area contributed by atoms with Crippen molar-refractivity contribution in [3.05, 3.63) is 29.3 Å². The van der Waals surface area contributed by atoms with Gasteiger partial charge < -0.3 is 0 Å². The minimum Gasteiger partial charge on any atom is -0.293 e. The van der Waals surface area contributed by atoms with Gasteiger partial charge >= 0.3 is 6.18 Å². The Bertz CT molecular complexity index is 415. The van der Waals surface area contributed by atoms with E-state index in [1.54, 1.807) is 6.92 Å². The van der Waals surface area contributed by atoms with Crippen LogP contribution in [0.5, 0.6) is 0 Å². The Morgan fingerprint density at radius 1 is 1.44 bits per heavy atom. The van der Waals surface area contributed by atoms with Crippen molar-refractivity contribution < 1.29 is 18.0 Å². The summed E-state index contributed by atoms with van der Waals surface area (Å²) in [5.41, 5.74) is -0.628. The van der Waals surface area contributed by atoms with E-state index in [1.165, 1.54) is 0 Å². The summed E-state index contributed by atoms with van der Waals surface area (Å²) in [7, 11) is 0. The van der Waals surface area contributed by atoms with E-state index in [0.29, 0.717) is 0 Å². The maximum absolute atomic E-state index is 12.3. The third-order valence-electron chi connectivity index (χ3n) is 1.95. The summed E-state index contributed by atoms with van der Waals surface area (Å²) in [6.45, 7) is 1.60. The Morgan fingerprint density at radius 3 is 2.38 bits per heavy atom. The highest BCUT2D eigenvalue weighted by molar-refractivity contribution is 9.10. The van der Waals surface area contributed by atoms with Crippen molar-refractivity contribution >= 4 is 34.3 Å². The van der Waals surface area contributed by atoms with Crippen molar-refractivity contribution in [1.82, 2.24) is 0 Å². The molecule has 0 spiro atoms. The fraction of sp³-hybridized carbons (Fsp3) is 0.300. The molecular formula is C10H8BrF3OS. The van der Waals surface area contributed by atoms with E-state index in [4.69, 9.17) is 0 Å². The third kappa shape index (κ3) is 3.01. The largest absolute Gasteiger partial charge is 0.416 e. The van der Waals surface area contributed by atoms with Crippen LogP contribution in [-0.4, -0.2) is 10.6 Å². The molecule has 1 atom stereocenters. The number of halogens is 4. The van der Waals surface area contributed by atoms with E-state index in [9.17, 15) is 18.0 Å². The zero-order chi connectivity index (χ0) is 12.5. The summed E-state index contributed by atoms with van der Waals surface area (Å²) in [5.74, 6) is -0.293. The number of hydrogen-bond acceptors (Lipinski definition) is 2. The molecule has 6 heteroatoms. The van der Waals surface area contributed by atoms with E-state index < -0.39 is 16.6 Å². The number of ketones is 1. The molecule has 1 aromatic rings. The quantitative estimate of drug-likeness (QED) is 0.497. The molecule has 0 fully saturated rings. The summed E-state index contributed by atoms with van der Waals surface area (Å²) in [6, 6.07) is 2.87. The smallest absolute Gasteiger partial charge is 0.293 e. The summed E-state index contributed by atoms with van der Waals surface area (Å²) in [4.78, 5) is 11.1. The predicted octanol–water partition coefficient (Wildman–Crippen LogP) is 3.96. The van der Waals surface area contributed by atoms with Gasteiger partial charge in [-0.1, -0.05) is 15.9 Å². The van der Waals surface area contributed by atoms with Crippen LogP contribution in [0.1, 0.15) is 22.8 Å². The summed E-state index contributed by atoms with van der Waals surface area (Å²) in [5, 5.41) is 0. The molecule has 0 aromatic heterocycles. The number of alkyl halides is 4. The molecule has 0 amide bonds. The Labute approximate surface area is 105 Å². The van der Waals surface area contributed by atoms with Gasteiger partial charge in [0, 0.05) is 10.5 Å². The number of Topliss-reactive ketones (excluding diaryl/α,β-unsaturated/α-hetero) is 1. The molecule has 1 nitrogen and oxygen atoms in total. The third-order valence-corrected chi connectivity index (χ3v) is 2.74. The lowest BCUT2D eigenvalue weighted by atomic mass is 10.1. The van der Waals surface area contributed by atoms with Crippen LogP contribution >= 0.6 is 28.6 Å². The van der Waals surface area contributed by atoms with Crippen LogP contribution in [0.4, 0.5) is 13.2 Å². The molecular weight excluding hydrogens is 305 g/mol. The van der Waals surface area contributed by atoms with Gasteiger partial charge in [-0.2, -0.15) is 13.2 Å². The maximum Gasteiger partial charge on any atom is 0.416 e. The topological polar surface area (TPSA) is 17.1 Å². The van der Waals surface area contributed by atoms with E-state index in [2.05, 4.69) is 28.6 Å². The molecule has 1 aromatic carbocycles. The number of carbonyl (C=O) groups is 1. The minimum atomic E-state index is -4.42. The normalized spacial score (nSPS) is 13.6. The van der Waals surface area contributed by atoms with Gasteiger partial charge in [0.05, 0.1) is 10.4 Å². The molecule has 88 valence electrons. The standard InChI is InChI=1S/C10H8BrF3OS/c1-5(11)9(15)7-3-2-6(4-8(7)16)10(12,13)14/h2-5,16H,1H3. The van der Waals surface area contributed by atoms with Crippen LogP contribution in [0.25, 0.3) is 0 Å². The number of thiol groups is 1. The van der Waals surface area contributed by atoms with Crippen LogP contribution in [0, 0.1) is 0 Å². The lowest BCUT2D eigenvalue weighted by molar-refractivity contribution is -0.137. The van der Waals surface area contributed by atoms with Crippen LogP contribution in [0.2, 0.25) is 0 Å². The Hall–Kier alpha value is -0.490. The van der Waals surface area contributed by atoms with Gasteiger partial charge in [-0.25, -0.2) is 0 Å². The maximum atomic E-state index is 12.3. The van der Waals surface area contributed by atoms with Gasteiger partial charge in [0.1, 0.15) is 0 Å². The SMILES string of the molecule is CC(Br)C(=O)c1ccc(C(F)(F)F)cc1S. The molecule has 1 rings (SSSR count). The second kappa shape index (κ2) is 4.79. The molecule has 0 aliphatic rings. The lowest BCUT2D eigenvalue weighted by Gasteiger charge is -2.10. The Balaban J connectivity index is 3.15. The van der Waals surface area contributed by atoms with Gasteiger partial charge in [-0.3, -0.25) is 4.79 Å². The van der Waals surface area contributed by atoms with Crippen LogP contribution in [0.15, 0.2) is 23.1 Å². The second-order valence-electron chi connectivity index (χ2n) is 3.21. The first kappa shape index (κ1) is 13.6. The number of benzene rings is 1. The number of carbonyl (C=O) groups excluding carboxylic acids is 1. The molecule has 16 heavy (non-hydrogen) atoms. The van der Waals surface area contributed by atoms with Crippen molar-refractivity contribution in [1.29, 1.82) is 0 Å². The first-order valence-corrected chi connectivity index (χ1v) is 5.68. The van der Waals surface area contributed by atoms with Gasteiger partial charge in [0.15, 0.2) is 5.78 Å². The molecule has 0 saturated carbocycles. The molecule has 0 bridgehead atoms. The van der Waals surface area contributed by atoms with E-state index in [-0.39, 0.29) is 16.2 Å². The molecule has 0 aliphatic carbocycles. The molecule has 0 aliphatic heterocycles. The highest BCUT2D eigenvalue weighted by Gasteiger charge is 2.31. The van der Waals surface area contributed by atoms with E-state index in [0.717, 1.165) is 18.2 Å². The predicted molar refractivity (Wildman–Crippen MR) is 61.4 cm³/mol. The summed E-state index contributed by atoms with van der Waals surface area (Å²) < 4.78 is 37.0. The zero-order valence-corrected chi connectivity index (χ0v) is 10.7. The molecule has 0 N–H and O–H groups in total. The van der Waals surface area contributed by atoms with Crippen molar-refractivity contribution in [2.24, 2.45) is 0 Å². The van der Waals surface area contributed by atoms with E-state index >= 15 is 0 Å². The van der Waals surface area contributed by atoms with Gasteiger partial charge in [-0.05, 0) is 25.1 Å². The molecule has 0 heterocycles. The summed E-state index contributed by atoms with van der Waals surface area (Å²) >= 11 is 6.95. The van der Waals surface area contributed by atoms with Crippen molar-refractivity contribution in [3.8, 4) is 0 Å². The van der Waals surface area contributed by atoms with Gasteiger partial charge in [0.2, 0.25) is 0 Å². The van der Waals surface area contributed by atoms with Crippen molar-refractivity contribution in [2.75, 3.05) is 0 Å². The minimum absolute atomic E-state index is 0.0334. The first-order chi connectivity index (χ1) is 7.23. The van der Waals surface area contributed by atoms with Gasteiger partial charge in [0.25, 0.3) is 0 Å². The van der Waals surface area contributed by atoms with Crippen LogP contribution in [0.3, 0.4) is 0 Å². The fourth-order valence-corrected chi connectivity index (χ4v) is 1.70. The average Bonchev–Trinajstić information content (AvgIpc) is 2.15. The van der Waals surface area contributed by atoms with Gasteiger partial charge in [-0.15, -0.1) is 12.6 Å². The Kier molecular flexibility index (Phi) is 4.07. The molecule has 1 unspecified atom stereocenters. The highest BCUT2D eigenvalue weighted by atomic mass is 79.9. The number of rotatable bonds is 2. The van der Waals surface area contributed by atoms with Crippen LogP contribution in [-0.2, 0) is 6.18 Å². The highest BCUT2D eigenvalue weighted by Crippen LogP contribution is 2.32. The van der Waals surface area contributed by atoms with E-state index in [1.807, 2.05) is 0 Å². The van der Waals surface area contributed by atoms with Crippen LogP contribution < -0.4 is 0 Å². The lowest BCUT2D eigenvalue weighted by Crippen LogP contribution is -2.12. The molecule has 0 saturated heterocycles. The zero-order valence-electron chi connectivity index (χ0n) is 8.18. The fourth-order valence-electron chi connectivity index (χ4n) is 1.13. The van der Waals surface area contributed by atoms with Crippen molar-refractivity contribution in [3.63, 3.8) is 0 Å². The second-order valence-corrected chi connectivity index (χ2v) is 5.07. The first-order valence-electron chi connectivity index (χ1n) is 4.32. The van der Waals surface area contributed by atoms with Crippen molar-refractivity contribution in [2.45, 2.75) is 22.8 Å².